The van der Waals surface area contributed by atoms with Gasteiger partial charge in [0, 0.05) is 23.0 Å². The lowest BCUT2D eigenvalue weighted by Crippen LogP contribution is -2.04. The van der Waals surface area contributed by atoms with E-state index in [1.165, 1.54) is 5.56 Å². The van der Waals surface area contributed by atoms with Crippen molar-refractivity contribution in [1.29, 1.82) is 5.26 Å². The summed E-state index contributed by atoms with van der Waals surface area (Å²) in [7, 11) is 0. The number of ether oxygens (including phenoxy) is 1. The quantitative estimate of drug-likeness (QED) is 0.897. The van der Waals surface area contributed by atoms with E-state index in [4.69, 9.17) is 21.6 Å². The third-order valence-corrected chi connectivity index (χ3v) is 4.00. The maximum atomic E-state index is 8.94. The summed E-state index contributed by atoms with van der Waals surface area (Å²) < 4.78 is 6.72. The number of anilines is 1. The van der Waals surface area contributed by atoms with Gasteiger partial charge in [-0.3, -0.25) is 0 Å². The molecule has 4 nitrogen and oxygen atoms in total. The van der Waals surface area contributed by atoms with Crippen LogP contribution in [0, 0.1) is 11.3 Å². The number of rotatable bonds is 3. The highest BCUT2D eigenvalue weighted by Crippen LogP contribution is 2.33. The second kappa shape index (κ2) is 5.92. The number of nitriles is 1. The van der Waals surface area contributed by atoms with E-state index in [0.717, 1.165) is 28.8 Å². The molecule has 1 aromatic carbocycles. The van der Waals surface area contributed by atoms with E-state index in [0.29, 0.717) is 17.4 Å². The molecule has 0 unspecified atom stereocenters. The van der Waals surface area contributed by atoms with Gasteiger partial charge < -0.3 is 10.1 Å². The van der Waals surface area contributed by atoms with Crippen LogP contribution in [0.5, 0.6) is 5.75 Å². The second-order valence-electron chi connectivity index (χ2n) is 4.64. The van der Waals surface area contributed by atoms with Gasteiger partial charge in [0.25, 0.3) is 0 Å². The Balaban J connectivity index is 1.81. The fourth-order valence-electron chi connectivity index (χ4n) is 2.28. The minimum Gasteiger partial charge on any atom is -0.493 e. The molecule has 21 heavy (non-hydrogen) atoms. The summed E-state index contributed by atoms with van der Waals surface area (Å²) in [5, 5.41) is 12.5. The molecular formula is C15H11BrClN3O. The fourth-order valence-corrected chi connectivity index (χ4v) is 2.98. The number of benzene rings is 1. The van der Waals surface area contributed by atoms with Gasteiger partial charge in [0.1, 0.15) is 17.6 Å². The van der Waals surface area contributed by atoms with Crippen LogP contribution in [0.2, 0.25) is 5.02 Å². The molecule has 0 amide bonds. The van der Waals surface area contributed by atoms with Crippen molar-refractivity contribution >= 4 is 33.3 Å². The SMILES string of the molecule is N#Cc1nc(NCc2cc(Br)cc3c2OCC3)ccc1Cl. The van der Waals surface area contributed by atoms with Crippen LogP contribution in [-0.2, 0) is 13.0 Å². The molecule has 2 heterocycles. The normalized spacial score (nSPS) is 12.4. The minimum atomic E-state index is 0.220. The van der Waals surface area contributed by atoms with Crippen molar-refractivity contribution in [2.24, 2.45) is 0 Å². The first-order chi connectivity index (χ1) is 10.2. The van der Waals surface area contributed by atoms with Crippen LogP contribution >= 0.6 is 27.5 Å². The van der Waals surface area contributed by atoms with Crippen LogP contribution in [0.1, 0.15) is 16.8 Å². The molecule has 1 aliphatic heterocycles. The highest BCUT2D eigenvalue weighted by Gasteiger charge is 2.17. The van der Waals surface area contributed by atoms with Crippen LogP contribution in [0.25, 0.3) is 0 Å². The Bertz CT molecular complexity index is 742. The van der Waals surface area contributed by atoms with Gasteiger partial charge in [0.15, 0.2) is 5.69 Å². The summed E-state index contributed by atoms with van der Waals surface area (Å²) >= 11 is 9.39. The molecule has 0 bridgehead atoms. The van der Waals surface area contributed by atoms with Crippen molar-refractivity contribution in [1.82, 2.24) is 4.98 Å². The molecule has 106 valence electrons. The maximum Gasteiger partial charge on any atom is 0.161 e. The Kier molecular flexibility index (Phi) is 4.00. The highest BCUT2D eigenvalue weighted by atomic mass is 79.9. The molecule has 0 radical (unpaired) electrons. The maximum absolute atomic E-state index is 8.94. The van der Waals surface area contributed by atoms with E-state index in [2.05, 4.69) is 32.3 Å². The van der Waals surface area contributed by atoms with Crippen molar-refractivity contribution in [3.63, 3.8) is 0 Å². The Morgan fingerprint density at radius 2 is 2.29 bits per heavy atom. The lowest BCUT2D eigenvalue weighted by molar-refractivity contribution is 0.354. The summed E-state index contributed by atoms with van der Waals surface area (Å²) in [4.78, 5) is 4.17. The first kappa shape index (κ1) is 14.2. The van der Waals surface area contributed by atoms with Crippen molar-refractivity contribution in [3.05, 3.63) is 50.6 Å². The molecule has 1 aromatic heterocycles. The second-order valence-corrected chi connectivity index (χ2v) is 5.97. The number of fused-ring (bicyclic) bond motifs is 1. The minimum absolute atomic E-state index is 0.220. The van der Waals surface area contributed by atoms with E-state index in [9.17, 15) is 0 Å². The number of halogens is 2. The van der Waals surface area contributed by atoms with Crippen LogP contribution in [0.15, 0.2) is 28.7 Å². The number of nitrogens with one attached hydrogen (secondary N) is 1. The van der Waals surface area contributed by atoms with Gasteiger partial charge in [-0.2, -0.15) is 5.26 Å². The molecule has 0 fully saturated rings. The lowest BCUT2D eigenvalue weighted by Gasteiger charge is -2.11. The molecule has 2 aromatic rings. The number of aromatic nitrogens is 1. The molecular weight excluding hydrogens is 354 g/mol. The summed E-state index contributed by atoms with van der Waals surface area (Å²) in [5.41, 5.74) is 2.49. The summed E-state index contributed by atoms with van der Waals surface area (Å²) in [6, 6.07) is 9.50. The molecule has 0 saturated heterocycles. The number of hydrogen-bond donors (Lipinski definition) is 1. The van der Waals surface area contributed by atoms with Crippen LogP contribution in [0.3, 0.4) is 0 Å². The topological polar surface area (TPSA) is 57.9 Å². The predicted octanol–water partition coefficient (Wildman–Crippen LogP) is 3.92. The third kappa shape index (κ3) is 2.97. The molecule has 0 saturated carbocycles. The number of nitrogens with zero attached hydrogens (tertiary/aromatic N) is 2. The van der Waals surface area contributed by atoms with Gasteiger partial charge in [-0.25, -0.2) is 4.98 Å². The van der Waals surface area contributed by atoms with Gasteiger partial charge >= 0.3 is 0 Å². The van der Waals surface area contributed by atoms with E-state index in [-0.39, 0.29) is 5.69 Å². The van der Waals surface area contributed by atoms with Crippen molar-refractivity contribution in [3.8, 4) is 11.8 Å². The zero-order valence-electron chi connectivity index (χ0n) is 11.0. The van der Waals surface area contributed by atoms with Gasteiger partial charge in [-0.05, 0) is 29.8 Å². The van der Waals surface area contributed by atoms with Gasteiger partial charge in [0.05, 0.1) is 11.6 Å². The van der Waals surface area contributed by atoms with E-state index in [1.54, 1.807) is 12.1 Å². The predicted molar refractivity (Wildman–Crippen MR) is 84.6 cm³/mol. The van der Waals surface area contributed by atoms with Gasteiger partial charge in [-0.1, -0.05) is 27.5 Å². The standard InChI is InChI=1S/C15H11BrClN3O/c16-11-5-9-3-4-21-15(9)10(6-11)8-19-14-2-1-12(17)13(7-18)20-14/h1-2,5-6H,3-4,8H2,(H,19,20). The van der Waals surface area contributed by atoms with Crippen LogP contribution < -0.4 is 10.1 Å². The van der Waals surface area contributed by atoms with Crippen molar-refractivity contribution in [2.45, 2.75) is 13.0 Å². The van der Waals surface area contributed by atoms with Crippen LogP contribution in [0.4, 0.5) is 5.82 Å². The highest BCUT2D eigenvalue weighted by molar-refractivity contribution is 9.10. The Morgan fingerprint density at radius 1 is 1.43 bits per heavy atom. The van der Waals surface area contributed by atoms with Gasteiger partial charge in [-0.15, -0.1) is 0 Å². The largest absolute Gasteiger partial charge is 0.493 e. The molecule has 1 aliphatic rings. The monoisotopic (exact) mass is 363 g/mol. The molecule has 0 atom stereocenters. The smallest absolute Gasteiger partial charge is 0.161 e. The molecule has 0 aliphatic carbocycles. The first-order valence-electron chi connectivity index (χ1n) is 6.42. The zero-order valence-corrected chi connectivity index (χ0v) is 13.3. The average Bonchev–Trinajstić information content (AvgIpc) is 2.94. The van der Waals surface area contributed by atoms with E-state index in [1.807, 2.05) is 12.1 Å². The zero-order chi connectivity index (χ0) is 14.8. The summed E-state index contributed by atoms with van der Waals surface area (Å²) in [6.45, 7) is 1.29. The molecule has 1 N–H and O–H groups in total. The average molecular weight is 365 g/mol. The molecule has 6 heteroatoms. The van der Waals surface area contributed by atoms with E-state index >= 15 is 0 Å². The van der Waals surface area contributed by atoms with Crippen molar-refractivity contribution < 1.29 is 4.74 Å². The number of pyridine rings is 1. The Morgan fingerprint density at radius 3 is 3.10 bits per heavy atom. The first-order valence-corrected chi connectivity index (χ1v) is 7.59. The van der Waals surface area contributed by atoms with Crippen LogP contribution in [-0.4, -0.2) is 11.6 Å². The number of hydrogen-bond acceptors (Lipinski definition) is 4. The van der Waals surface area contributed by atoms with E-state index < -0.39 is 0 Å². The lowest BCUT2D eigenvalue weighted by atomic mass is 10.1. The Labute approximate surface area is 135 Å². The third-order valence-electron chi connectivity index (χ3n) is 3.24. The Hall–Kier alpha value is -1.77. The van der Waals surface area contributed by atoms with Gasteiger partial charge in [0.2, 0.25) is 0 Å². The molecule has 0 spiro atoms. The summed E-state index contributed by atoms with van der Waals surface area (Å²) in [5.74, 6) is 1.56. The molecule has 3 rings (SSSR count). The van der Waals surface area contributed by atoms with Crippen molar-refractivity contribution in [2.75, 3.05) is 11.9 Å². The summed E-state index contributed by atoms with van der Waals surface area (Å²) in [6.07, 6.45) is 0.930. The fraction of sp³-hybridized carbons (Fsp3) is 0.200.